The SMILES string of the molecule is CCCNC(=O)c1nc(NC2CCCCC2N=C(N)N)c2cc(C)ccc2n1. The topological polar surface area (TPSA) is 131 Å². The maximum atomic E-state index is 12.4. The van der Waals surface area contributed by atoms with Crippen molar-refractivity contribution < 1.29 is 4.79 Å². The number of nitrogens with zero attached hydrogens (tertiary/aromatic N) is 3. The van der Waals surface area contributed by atoms with Gasteiger partial charge in [0, 0.05) is 11.9 Å². The van der Waals surface area contributed by atoms with Crippen LogP contribution in [-0.4, -0.2) is 40.5 Å². The van der Waals surface area contributed by atoms with Crippen LogP contribution in [0, 0.1) is 6.92 Å². The lowest BCUT2D eigenvalue weighted by Gasteiger charge is -2.30. The minimum absolute atomic E-state index is 0.00839. The lowest BCUT2D eigenvalue weighted by molar-refractivity contribution is 0.0943. The van der Waals surface area contributed by atoms with E-state index in [9.17, 15) is 4.79 Å². The fourth-order valence-electron chi connectivity index (χ4n) is 3.57. The maximum Gasteiger partial charge on any atom is 0.289 e. The van der Waals surface area contributed by atoms with Crippen LogP contribution in [0.25, 0.3) is 10.9 Å². The van der Waals surface area contributed by atoms with E-state index in [2.05, 4.69) is 25.6 Å². The Morgan fingerprint density at radius 2 is 2.04 bits per heavy atom. The Kier molecular flexibility index (Phi) is 6.28. The molecule has 1 aromatic heterocycles. The van der Waals surface area contributed by atoms with E-state index in [1.54, 1.807) is 0 Å². The largest absolute Gasteiger partial charge is 0.370 e. The summed E-state index contributed by atoms with van der Waals surface area (Å²) in [6, 6.07) is 5.98. The Balaban J connectivity index is 1.98. The summed E-state index contributed by atoms with van der Waals surface area (Å²) >= 11 is 0. The highest BCUT2D eigenvalue weighted by Crippen LogP contribution is 2.28. The number of nitrogens with one attached hydrogen (secondary N) is 2. The molecule has 2 aromatic rings. The van der Waals surface area contributed by atoms with E-state index in [0.717, 1.165) is 48.6 Å². The standard InChI is InChI=1S/C20H29N7O/c1-3-10-23-19(28)18-24-14-9-8-12(2)11-13(14)17(27-18)25-15-6-4-5-7-16(15)26-20(21)22/h8-9,11,15-16H,3-7,10H2,1-2H3,(H,23,28)(H4,21,22,26)(H,24,25,27). The van der Waals surface area contributed by atoms with Gasteiger partial charge in [0.05, 0.1) is 17.6 Å². The molecule has 1 fully saturated rings. The number of amides is 1. The van der Waals surface area contributed by atoms with Gasteiger partial charge in [0.15, 0.2) is 5.96 Å². The molecule has 2 unspecified atom stereocenters. The molecule has 0 radical (unpaired) electrons. The van der Waals surface area contributed by atoms with E-state index in [1.165, 1.54) is 0 Å². The first-order valence-electron chi connectivity index (χ1n) is 9.89. The molecule has 0 spiro atoms. The van der Waals surface area contributed by atoms with Crippen LogP contribution < -0.4 is 22.1 Å². The number of guanidine groups is 1. The minimum atomic E-state index is -0.267. The van der Waals surface area contributed by atoms with Crippen molar-refractivity contribution in [2.45, 2.75) is 58.0 Å². The zero-order valence-electron chi connectivity index (χ0n) is 16.5. The Morgan fingerprint density at radius 3 is 2.79 bits per heavy atom. The summed E-state index contributed by atoms with van der Waals surface area (Å²) in [7, 11) is 0. The Morgan fingerprint density at radius 1 is 1.25 bits per heavy atom. The van der Waals surface area contributed by atoms with Crippen LogP contribution in [0.3, 0.4) is 0 Å². The molecule has 0 bridgehead atoms. The minimum Gasteiger partial charge on any atom is -0.370 e. The number of aliphatic imine (C=N–C) groups is 1. The second kappa shape index (κ2) is 8.86. The molecule has 8 heteroatoms. The summed E-state index contributed by atoms with van der Waals surface area (Å²) in [5.41, 5.74) is 13.1. The lowest BCUT2D eigenvalue weighted by Crippen LogP contribution is -2.38. The van der Waals surface area contributed by atoms with Gasteiger partial charge in [-0.15, -0.1) is 0 Å². The number of aromatic nitrogens is 2. The predicted molar refractivity (Wildman–Crippen MR) is 112 cm³/mol. The summed E-state index contributed by atoms with van der Waals surface area (Å²) in [5.74, 6) is 0.651. The normalized spacial score (nSPS) is 19.2. The van der Waals surface area contributed by atoms with E-state index < -0.39 is 0 Å². The third kappa shape index (κ3) is 4.68. The van der Waals surface area contributed by atoms with Crippen molar-refractivity contribution in [3.8, 4) is 0 Å². The molecular weight excluding hydrogens is 354 g/mol. The number of nitrogens with two attached hydrogens (primary N) is 2. The fraction of sp³-hybridized carbons (Fsp3) is 0.500. The van der Waals surface area contributed by atoms with Crippen molar-refractivity contribution in [2.75, 3.05) is 11.9 Å². The Labute approximate surface area is 165 Å². The van der Waals surface area contributed by atoms with E-state index in [0.29, 0.717) is 12.4 Å². The molecule has 1 amide bonds. The van der Waals surface area contributed by atoms with Crippen LogP contribution in [0.4, 0.5) is 5.82 Å². The molecule has 0 saturated heterocycles. The zero-order valence-corrected chi connectivity index (χ0v) is 16.5. The van der Waals surface area contributed by atoms with Gasteiger partial charge in [0.1, 0.15) is 5.82 Å². The molecule has 8 nitrogen and oxygen atoms in total. The number of benzene rings is 1. The van der Waals surface area contributed by atoms with Gasteiger partial charge in [-0.1, -0.05) is 31.4 Å². The number of anilines is 1. The van der Waals surface area contributed by atoms with Crippen LogP contribution in [0.15, 0.2) is 23.2 Å². The first-order valence-corrected chi connectivity index (χ1v) is 9.89. The van der Waals surface area contributed by atoms with Crippen molar-refractivity contribution in [2.24, 2.45) is 16.5 Å². The van der Waals surface area contributed by atoms with E-state index in [4.69, 9.17) is 11.5 Å². The number of carbonyl (C=O) groups excluding carboxylic acids is 1. The van der Waals surface area contributed by atoms with Crippen molar-refractivity contribution in [3.05, 3.63) is 29.6 Å². The Hall–Kier alpha value is -2.90. The summed E-state index contributed by atoms with van der Waals surface area (Å²) in [4.78, 5) is 25.9. The first-order chi connectivity index (χ1) is 13.5. The van der Waals surface area contributed by atoms with E-state index >= 15 is 0 Å². The van der Waals surface area contributed by atoms with E-state index in [1.807, 2.05) is 32.0 Å². The van der Waals surface area contributed by atoms with Gasteiger partial charge < -0.3 is 22.1 Å². The summed E-state index contributed by atoms with van der Waals surface area (Å²) < 4.78 is 0. The summed E-state index contributed by atoms with van der Waals surface area (Å²) in [6.07, 6.45) is 4.90. The molecule has 6 N–H and O–H groups in total. The molecular formula is C20H29N7O. The van der Waals surface area contributed by atoms with Gasteiger partial charge in [-0.2, -0.15) is 0 Å². The maximum absolute atomic E-state index is 12.4. The van der Waals surface area contributed by atoms with Gasteiger partial charge in [0.2, 0.25) is 5.82 Å². The zero-order chi connectivity index (χ0) is 20.1. The molecule has 1 aromatic carbocycles. The third-order valence-corrected chi connectivity index (χ3v) is 4.96. The number of rotatable bonds is 6. The second-order valence-electron chi connectivity index (χ2n) is 7.33. The molecule has 150 valence electrons. The number of aryl methyl sites for hydroxylation is 1. The van der Waals surface area contributed by atoms with Crippen LogP contribution in [0.2, 0.25) is 0 Å². The molecule has 28 heavy (non-hydrogen) atoms. The van der Waals surface area contributed by atoms with Crippen LogP contribution in [-0.2, 0) is 0 Å². The second-order valence-corrected chi connectivity index (χ2v) is 7.33. The summed E-state index contributed by atoms with van der Waals surface area (Å²) in [5, 5.41) is 7.24. The smallest absolute Gasteiger partial charge is 0.289 e. The molecule has 1 saturated carbocycles. The van der Waals surface area contributed by atoms with Crippen LogP contribution in [0.1, 0.15) is 55.2 Å². The van der Waals surface area contributed by atoms with Gasteiger partial charge in [0.25, 0.3) is 5.91 Å². The highest BCUT2D eigenvalue weighted by molar-refractivity contribution is 5.96. The molecule has 0 aliphatic heterocycles. The van der Waals surface area contributed by atoms with Gasteiger partial charge in [-0.3, -0.25) is 4.79 Å². The monoisotopic (exact) mass is 383 g/mol. The highest BCUT2D eigenvalue weighted by Gasteiger charge is 2.26. The lowest BCUT2D eigenvalue weighted by atomic mass is 9.90. The van der Waals surface area contributed by atoms with Crippen molar-refractivity contribution in [3.63, 3.8) is 0 Å². The van der Waals surface area contributed by atoms with Crippen LogP contribution in [0.5, 0.6) is 0 Å². The molecule has 1 aliphatic carbocycles. The highest BCUT2D eigenvalue weighted by atomic mass is 16.2. The first kappa shape index (κ1) is 19.9. The van der Waals surface area contributed by atoms with Gasteiger partial charge in [-0.05, 0) is 38.3 Å². The Bertz CT molecular complexity index is 876. The number of carbonyl (C=O) groups is 1. The molecule has 1 heterocycles. The van der Waals surface area contributed by atoms with Crippen molar-refractivity contribution >= 4 is 28.6 Å². The average Bonchev–Trinajstić information content (AvgIpc) is 2.67. The van der Waals surface area contributed by atoms with E-state index in [-0.39, 0.29) is 29.8 Å². The predicted octanol–water partition coefficient (Wildman–Crippen LogP) is 2.07. The number of hydrogen-bond acceptors (Lipinski definition) is 5. The van der Waals surface area contributed by atoms with Gasteiger partial charge in [-0.25, -0.2) is 15.0 Å². The van der Waals surface area contributed by atoms with Gasteiger partial charge >= 0.3 is 0 Å². The third-order valence-electron chi connectivity index (χ3n) is 4.96. The summed E-state index contributed by atoms with van der Waals surface area (Å²) in [6.45, 7) is 4.62. The van der Waals surface area contributed by atoms with Crippen molar-refractivity contribution in [1.29, 1.82) is 0 Å². The van der Waals surface area contributed by atoms with Crippen molar-refractivity contribution in [1.82, 2.24) is 15.3 Å². The number of fused-ring (bicyclic) bond motifs is 1. The fourth-order valence-corrected chi connectivity index (χ4v) is 3.57. The quantitative estimate of drug-likeness (QED) is 0.446. The van der Waals surface area contributed by atoms with Crippen LogP contribution >= 0.6 is 0 Å². The molecule has 3 rings (SSSR count). The molecule has 2 atom stereocenters. The average molecular weight is 384 g/mol. The number of hydrogen-bond donors (Lipinski definition) is 4. The molecule has 1 aliphatic rings.